The van der Waals surface area contributed by atoms with Gasteiger partial charge in [-0.2, -0.15) is 0 Å². The van der Waals surface area contributed by atoms with E-state index in [9.17, 15) is 14.4 Å². The summed E-state index contributed by atoms with van der Waals surface area (Å²) in [5.41, 5.74) is 0.321. The van der Waals surface area contributed by atoms with Gasteiger partial charge in [0.25, 0.3) is 5.91 Å². The van der Waals surface area contributed by atoms with Crippen molar-refractivity contribution < 1.29 is 28.6 Å². The van der Waals surface area contributed by atoms with E-state index in [1.54, 1.807) is 12.1 Å². The van der Waals surface area contributed by atoms with Crippen molar-refractivity contribution in [1.82, 2.24) is 10.6 Å². The topological polar surface area (TPSA) is 103 Å². The number of methoxy groups -OCH3 is 3. The Hall–Kier alpha value is -2.77. The molecule has 0 spiro atoms. The number of benzene rings is 1. The van der Waals surface area contributed by atoms with Gasteiger partial charge in [-0.15, -0.1) is 0 Å². The third kappa shape index (κ3) is 6.27. The molecule has 1 aromatic rings. The third-order valence-electron chi connectivity index (χ3n) is 3.58. The number of carbonyl (C=O) groups excluding carboxylic acids is 3. The van der Waals surface area contributed by atoms with Gasteiger partial charge in [-0.3, -0.25) is 9.59 Å². The molecule has 0 aliphatic rings. The van der Waals surface area contributed by atoms with Crippen LogP contribution in [0.5, 0.6) is 11.5 Å². The SMILES string of the molecule is COC(=O)C(CC(C)C)NC(=O)CNC(=O)c1ccc(OC)c(OC)c1. The number of nitrogens with one attached hydrogen (secondary N) is 2. The number of amides is 2. The molecular formula is C18H26N2O6. The molecule has 0 aliphatic heterocycles. The molecule has 2 N–H and O–H groups in total. The number of esters is 1. The second-order valence-electron chi connectivity index (χ2n) is 6.03. The summed E-state index contributed by atoms with van der Waals surface area (Å²) in [4.78, 5) is 36.0. The molecule has 2 amide bonds. The van der Waals surface area contributed by atoms with Crippen molar-refractivity contribution in [2.75, 3.05) is 27.9 Å². The van der Waals surface area contributed by atoms with Crippen LogP contribution < -0.4 is 20.1 Å². The number of rotatable bonds is 9. The molecule has 0 aromatic heterocycles. The Kier molecular flexibility index (Phi) is 8.41. The van der Waals surface area contributed by atoms with E-state index in [1.807, 2.05) is 13.8 Å². The largest absolute Gasteiger partial charge is 0.493 e. The molecule has 1 atom stereocenters. The van der Waals surface area contributed by atoms with Gasteiger partial charge < -0.3 is 24.8 Å². The lowest BCUT2D eigenvalue weighted by molar-refractivity contribution is -0.145. The third-order valence-corrected chi connectivity index (χ3v) is 3.58. The molecule has 26 heavy (non-hydrogen) atoms. The fraction of sp³-hybridized carbons (Fsp3) is 0.500. The van der Waals surface area contributed by atoms with E-state index >= 15 is 0 Å². The number of hydrogen-bond acceptors (Lipinski definition) is 6. The lowest BCUT2D eigenvalue weighted by atomic mass is 10.0. The van der Waals surface area contributed by atoms with Crippen molar-refractivity contribution in [3.8, 4) is 11.5 Å². The zero-order valence-electron chi connectivity index (χ0n) is 15.8. The second-order valence-corrected chi connectivity index (χ2v) is 6.03. The minimum Gasteiger partial charge on any atom is -0.493 e. The summed E-state index contributed by atoms with van der Waals surface area (Å²) in [5.74, 6) is -0.336. The molecule has 0 bridgehead atoms. The van der Waals surface area contributed by atoms with E-state index in [0.29, 0.717) is 23.5 Å². The molecule has 0 fully saturated rings. The van der Waals surface area contributed by atoms with Gasteiger partial charge in [0, 0.05) is 5.56 Å². The van der Waals surface area contributed by atoms with Gasteiger partial charge in [0.05, 0.1) is 27.9 Å². The molecule has 8 heteroatoms. The average molecular weight is 366 g/mol. The normalized spacial score (nSPS) is 11.5. The first-order chi connectivity index (χ1) is 12.3. The van der Waals surface area contributed by atoms with E-state index in [-0.39, 0.29) is 12.5 Å². The Morgan fingerprint density at radius 2 is 1.69 bits per heavy atom. The molecule has 144 valence electrons. The first-order valence-corrected chi connectivity index (χ1v) is 8.19. The van der Waals surface area contributed by atoms with E-state index in [4.69, 9.17) is 9.47 Å². The fourth-order valence-corrected chi connectivity index (χ4v) is 2.31. The van der Waals surface area contributed by atoms with Gasteiger partial charge in [0.15, 0.2) is 11.5 Å². The maximum absolute atomic E-state index is 12.2. The Labute approximate surface area is 153 Å². The van der Waals surface area contributed by atoms with Crippen LogP contribution in [0, 0.1) is 5.92 Å². The first-order valence-electron chi connectivity index (χ1n) is 8.19. The van der Waals surface area contributed by atoms with E-state index < -0.39 is 23.8 Å². The molecule has 0 heterocycles. The smallest absolute Gasteiger partial charge is 0.328 e. The lowest BCUT2D eigenvalue weighted by Gasteiger charge is -2.18. The average Bonchev–Trinajstić information content (AvgIpc) is 2.63. The zero-order chi connectivity index (χ0) is 19.7. The van der Waals surface area contributed by atoms with Crippen LogP contribution in [0.2, 0.25) is 0 Å². The van der Waals surface area contributed by atoms with E-state index in [0.717, 1.165) is 0 Å². The van der Waals surface area contributed by atoms with E-state index in [2.05, 4.69) is 15.4 Å². The zero-order valence-corrected chi connectivity index (χ0v) is 15.8. The van der Waals surface area contributed by atoms with Crippen molar-refractivity contribution in [1.29, 1.82) is 0 Å². The van der Waals surface area contributed by atoms with Crippen LogP contribution in [0.15, 0.2) is 18.2 Å². The van der Waals surface area contributed by atoms with Gasteiger partial charge in [-0.05, 0) is 30.5 Å². The Morgan fingerprint density at radius 1 is 1.04 bits per heavy atom. The summed E-state index contributed by atoms with van der Waals surface area (Å²) in [6, 6.07) is 3.93. The predicted octanol–water partition coefficient (Wildman–Crippen LogP) is 1.14. The van der Waals surface area contributed by atoms with Crippen molar-refractivity contribution in [3.63, 3.8) is 0 Å². The van der Waals surface area contributed by atoms with Crippen molar-refractivity contribution >= 4 is 17.8 Å². The van der Waals surface area contributed by atoms with Crippen LogP contribution in [-0.2, 0) is 14.3 Å². The lowest BCUT2D eigenvalue weighted by Crippen LogP contribution is -2.46. The van der Waals surface area contributed by atoms with Gasteiger partial charge >= 0.3 is 5.97 Å². The van der Waals surface area contributed by atoms with Crippen LogP contribution in [0.1, 0.15) is 30.6 Å². The molecule has 0 radical (unpaired) electrons. The Bertz CT molecular complexity index is 645. The van der Waals surface area contributed by atoms with Crippen molar-refractivity contribution in [2.45, 2.75) is 26.3 Å². The summed E-state index contributed by atoms with van der Waals surface area (Å²) in [5, 5.41) is 5.08. The highest BCUT2D eigenvalue weighted by molar-refractivity contribution is 5.97. The van der Waals surface area contributed by atoms with Gasteiger partial charge in [-0.1, -0.05) is 13.8 Å². The molecule has 1 unspecified atom stereocenters. The van der Waals surface area contributed by atoms with E-state index in [1.165, 1.54) is 27.4 Å². The van der Waals surface area contributed by atoms with Crippen LogP contribution in [0.3, 0.4) is 0 Å². The van der Waals surface area contributed by atoms with Crippen molar-refractivity contribution in [2.24, 2.45) is 5.92 Å². The molecule has 8 nitrogen and oxygen atoms in total. The number of ether oxygens (including phenoxy) is 3. The van der Waals surface area contributed by atoms with Crippen LogP contribution in [0.25, 0.3) is 0 Å². The minimum atomic E-state index is -0.745. The van der Waals surface area contributed by atoms with Gasteiger partial charge in [0.1, 0.15) is 6.04 Å². The van der Waals surface area contributed by atoms with Gasteiger partial charge in [-0.25, -0.2) is 4.79 Å². The Morgan fingerprint density at radius 3 is 2.23 bits per heavy atom. The van der Waals surface area contributed by atoms with Crippen LogP contribution >= 0.6 is 0 Å². The highest BCUT2D eigenvalue weighted by atomic mass is 16.5. The quantitative estimate of drug-likeness (QED) is 0.635. The van der Waals surface area contributed by atoms with Crippen LogP contribution in [-0.4, -0.2) is 51.7 Å². The number of carbonyl (C=O) groups is 3. The fourth-order valence-electron chi connectivity index (χ4n) is 2.31. The highest BCUT2D eigenvalue weighted by Gasteiger charge is 2.22. The molecule has 1 aromatic carbocycles. The van der Waals surface area contributed by atoms with Crippen molar-refractivity contribution in [3.05, 3.63) is 23.8 Å². The highest BCUT2D eigenvalue weighted by Crippen LogP contribution is 2.27. The monoisotopic (exact) mass is 366 g/mol. The second kappa shape index (κ2) is 10.3. The summed E-state index contributed by atoms with van der Waals surface area (Å²) < 4.78 is 14.9. The molecular weight excluding hydrogens is 340 g/mol. The standard InChI is InChI=1S/C18H26N2O6/c1-11(2)8-13(18(23)26-5)20-16(21)10-19-17(22)12-6-7-14(24-3)15(9-12)25-4/h6-7,9,11,13H,8,10H2,1-5H3,(H,19,22)(H,20,21). The maximum atomic E-state index is 12.2. The maximum Gasteiger partial charge on any atom is 0.328 e. The summed E-state index contributed by atoms with van der Waals surface area (Å²) in [7, 11) is 4.23. The van der Waals surface area contributed by atoms with Gasteiger partial charge in [0.2, 0.25) is 5.91 Å². The summed E-state index contributed by atoms with van der Waals surface area (Å²) >= 11 is 0. The predicted molar refractivity (Wildman–Crippen MR) is 95.3 cm³/mol. The Balaban J connectivity index is 2.65. The molecule has 1 rings (SSSR count). The summed E-state index contributed by atoms with van der Waals surface area (Å²) in [6.45, 7) is 3.60. The molecule has 0 saturated carbocycles. The molecule has 0 aliphatic carbocycles. The first kappa shape index (κ1) is 21.3. The van der Waals surface area contributed by atoms with Crippen LogP contribution in [0.4, 0.5) is 0 Å². The summed E-state index contributed by atoms with van der Waals surface area (Å²) in [6.07, 6.45) is 0.446. The molecule has 0 saturated heterocycles. The minimum absolute atomic E-state index is 0.195. The number of hydrogen-bond donors (Lipinski definition) is 2.